The van der Waals surface area contributed by atoms with E-state index in [0.717, 1.165) is 32.7 Å². The van der Waals surface area contributed by atoms with Gasteiger partial charge in [0.1, 0.15) is 11.2 Å². The minimum Gasteiger partial charge on any atom is -0.408 e. The Morgan fingerprint density at radius 3 is 1.67 bits per heavy atom. The Hall–Kier alpha value is -4.82. The van der Waals surface area contributed by atoms with Gasteiger partial charge in [0, 0.05) is 23.4 Å². The molecule has 0 fully saturated rings. The summed E-state index contributed by atoms with van der Waals surface area (Å²) < 4.78 is 16.4. The van der Waals surface area contributed by atoms with E-state index >= 15 is 0 Å². The lowest BCUT2D eigenvalue weighted by Crippen LogP contribution is -2.23. The van der Waals surface area contributed by atoms with Crippen molar-refractivity contribution in [1.82, 2.24) is 0 Å². The van der Waals surface area contributed by atoms with Gasteiger partial charge in [-0.15, -0.1) is 0 Å². The summed E-state index contributed by atoms with van der Waals surface area (Å²) in [6.45, 7) is 2.95. The van der Waals surface area contributed by atoms with Gasteiger partial charge in [0.05, 0.1) is 0 Å². The van der Waals surface area contributed by atoms with E-state index in [1.54, 1.807) is 0 Å². The molecule has 1 aromatic heterocycles. The first-order valence-corrected chi connectivity index (χ1v) is 15.8. The number of rotatable bonds is 5. The number of benzene rings is 7. The third-order valence-corrected chi connectivity index (χ3v) is 10.1. The second kappa shape index (κ2) is 10.8. The maximum Gasteiger partial charge on any atom is 0.310 e. The van der Waals surface area contributed by atoms with Crippen LogP contribution in [-0.4, -0.2) is 0 Å². The van der Waals surface area contributed by atoms with Gasteiger partial charge in [0.25, 0.3) is 0 Å². The summed E-state index contributed by atoms with van der Waals surface area (Å²) in [6.07, 6.45) is 0. The van der Waals surface area contributed by atoms with Crippen LogP contribution in [0.4, 0.5) is 0 Å². The summed E-state index contributed by atoms with van der Waals surface area (Å²) in [6, 6.07) is 51.6. The van der Waals surface area contributed by atoms with Gasteiger partial charge in [-0.25, -0.2) is 0 Å². The van der Waals surface area contributed by atoms with Gasteiger partial charge in [-0.3, -0.25) is 0 Å². The summed E-state index contributed by atoms with van der Waals surface area (Å²) in [4.78, 5) is 0. The maximum atomic E-state index is 7.03. The first-order valence-electron chi connectivity index (χ1n) is 14.7. The minimum atomic E-state index is -1.54. The molecule has 0 aliphatic rings. The predicted octanol–water partition coefficient (Wildman–Crippen LogP) is 11.6. The Balaban J connectivity index is 1.43. The van der Waals surface area contributed by atoms with Crippen LogP contribution in [0.3, 0.4) is 0 Å². The highest BCUT2D eigenvalue weighted by molar-refractivity contribution is 7.38. The molecular formula is C39H30NO2P. The lowest BCUT2D eigenvalue weighted by molar-refractivity contribution is 0.594. The molecule has 0 saturated carbocycles. The highest BCUT2D eigenvalue weighted by Gasteiger charge is 2.24. The zero-order valence-electron chi connectivity index (χ0n) is 23.9. The molecule has 0 unspecified atom stereocenters. The molecule has 3 nitrogen and oxygen atoms in total. The van der Waals surface area contributed by atoms with Crippen molar-refractivity contribution in [1.29, 1.82) is 0 Å². The third kappa shape index (κ3) is 4.68. The van der Waals surface area contributed by atoms with E-state index in [0.29, 0.717) is 6.54 Å². The van der Waals surface area contributed by atoms with Gasteiger partial charge in [0.15, 0.2) is 0 Å². The average Bonchev–Trinajstić information content (AvgIpc) is 3.24. The molecule has 7 aromatic carbocycles. The number of hydrogen-bond acceptors (Lipinski definition) is 3. The van der Waals surface area contributed by atoms with Crippen molar-refractivity contribution in [3.8, 4) is 0 Å². The largest absolute Gasteiger partial charge is 0.408 e. The Bertz CT molecular complexity index is 2210. The van der Waals surface area contributed by atoms with Crippen molar-refractivity contribution in [2.45, 2.75) is 19.5 Å². The van der Waals surface area contributed by atoms with E-state index in [2.05, 4.69) is 157 Å². The van der Waals surface area contributed by atoms with E-state index in [-0.39, 0.29) is 6.04 Å². The van der Waals surface area contributed by atoms with Gasteiger partial charge in [-0.2, -0.15) is 4.67 Å². The fourth-order valence-corrected chi connectivity index (χ4v) is 7.79. The zero-order chi connectivity index (χ0) is 28.8. The molecule has 1 atom stereocenters. The van der Waals surface area contributed by atoms with E-state index in [9.17, 15) is 0 Å². The lowest BCUT2D eigenvalue weighted by Gasteiger charge is -2.26. The smallest absolute Gasteiger partial charge is 0.310 e. The van der Waals surface area contributed by atoms with Crippen molar-refractivity contribution in [2.24, 2.45) is 0 Å². The van der Waals surface area contributed by atoms with Crippen LogP contribution >= 0.6 is 8.16 Å². The fourth-order valence-electron chi connectivity index (χ4n) is 6.21. The van der Waals surface area contributed by atoms with Crippen molar-refractivity contribution >= 4 is 62.4 Å². The molecule has 0 amide bonds. The van der Waals surface area contributed by atoms with Crippen LogP contribution in [0.15, 0.2) is 154 Å². The Morgan fingerprint density at radius 1 is 0.535 bits per heavy atom. The first-order chi connectivity index (χ1) is 21.2. The monoisotopic (exact) mass is 575 g/mol. The third-order valence-electron chi connectivity index (χ3n) is 8.48. The van der Waals surface area contributed by atoms with Crippen molar-refractivity contribution in [3.63, 3.8) is 0 Å². The SMILES string of the molecule is C[C@@H](c1ccc2ccccc2c1)N(Cc1ccccc1)p1oc2ccc3ccccc3c2c2c(ccc3ccccc32)o1. The molecule has 0 spiro atoms. The standard InChI is InChI=1S/C39H30NO2P/c1-27(32-20-19-29-13-5-6-16-33(29)25-32)40(26-28-11-3-2-4-12-28)43-41-36-23-21-30-14-7-9-17-34(30)38(36)39-35-18-10-8-15-31(35)22-24-37(39)42-43/h2-25,27H,26H2,1H3/t27-/m0/s1. The Morgan fingerprint density at radius 2 is 1.05 bits per heavy atom. The van der Waals surface area contributed by atoms with Crippen LogP contribution in [0.25, 0.3) is 54.3 Å². The van der Waals surface area contributed by atoms with E-state index in [1.165, 1.54) is 32.7 Å². The van der Waals surface area contributed by atoms with E-state index in [4.69, 9.17) is 8.39 Å². The molecule has 208 valence electrons. The highest BCUT2D eigenvalue weighted by Crippen LogP contribution is 2.45. The molecule has 0 bridgehead atoms. The van der Waals surface area contributed by atoms with Gasteiger partial charge in [-0.05, 0) is 68.6 Å². The predicted molar refractivity (Wildman–Crippen MR) is 182 cm³/mol. The van der Waals surface area contributed by atoms with Gasteiger partial charge >= 0.3 is 8.16 Å². The molecule has 43 heavy (non-hydrogen) atoms. The molecule has 1 heterocycles. The summed E-state index contributed by atoms with van der Waals surface area (Å²) in [7, 11) is -1.54. The lowest BCUT2D eigenvalue weighted by atomic mass is 9.99. The van der Waals surface area contributed by atoms with Crippen molar-refractivity contribution < 1.29 is 8.39 Å². The van der Waals surface area contributed by atoms with Gasteiger partial charge < -0.3 is 8.39 Å². The molecule has 0 saturated heterocycles. The van der Waals surface area contributed by atoms with E-state index < -0.39 is 8.16 Å². The van der Waals surface area contributed by atoms with Crippen LogP contribution in [0.2, 0.25) is 0 Å². The highest BCUT2D eigenvalue weighted by atomic mass is 31.1. The Kier molecular flexibility index (Phi) is 6.48. The van der Waals surface area contributed by atoms with Crippen LogP contribution in [0.5, 0.6) is 0 Å². The minimum absolute atomic E-state index is 0.0295. The van der Waals surface area contributed by atoms with Crippen LogP contribution in [0.1, 0.15) is 24.1 Å². The van der Waals surface area contributed by atoms with Gasteiger partial charge in [-0.1, -0.05) is 127 Å². The number of fused-ring (bicyclic) bond motifs is 8. The summed E-state index contributed by atoms with van der Waals surface area (Å²) in [5.41, 5.74) is 4.14. The van der Waals surface area contributed by atoms with Gasteiger partial charge in [0.2, 0.25) is 0 Å². The molecular weight excluding hydrogens is 545 g/mol. The molecule has 8 rings (SSSR count). The first kappa shape index (κ1) is 25.9. The summed E-state index contributed by atoms with van der Waals surface area (Å²) in [5, 5.41) is 9.34. The number of nitrogens with zero attached hydrogens (tertiary/aromatic N) is 1. The van der Waals surface area contributed by atoms with Crippen molar-refractivity contribution in [2.75, 3.05) is 4.67 Å². The quantitative estimate of drug-likeness (QED) is 0.204. The van der Waals surface area contributed by atoms with Crippen LogP contribution in [-0.2, 0) is 6.54 Å². The average molecular weight is 576 g/mol. The normalized spacial score (nSPS) is 12.5. The fraction of sp³-hybridized carbons (Fsp3) is 0.0769. The summed E-state index contributed by atoms with van der Waals surface area (Å²) in [5.74, 6) is 0. The van der Waals surface area contributed by atoms with E-state index in [1.807, 2.05) is 0 Å². The molecule has 0 aliphatic heterocycles. The van der Waals surface area contributed by atoms with Crippen LogP contribution in [0, 0.1) is 0 Å². The van der Waals surface area contributed by atoms with Crippen LogP contribution < -0.4 is 4.67 Å². The zero-order valence-corrected chi connectivity index (χ0v) is 24.7. The molecule has 0 radical (unpaired) electrons. The molecule has 0 N–H and O–H groups in total. The Labute approximate surface area is 251 Å². The molecule has 0 aliphatic carbocycles. The molecule has 8 aromatic rings. The van der Waals surface area contributed by atoms with Crippen molar-refractivity contribution in [3.05, 3.63) is 157 Å². The maximum absolute atomic E-state index is 7.03. The second-order valence-electron chi connectivity index (χ2n) is 11.1. The summed E-state index contributed by atoms with van der Waals surface area (Å²) >= 11 is 0. The topological polar surface area (TPSA) is 29.5 Å². The number of hydrogen-bond donors (Lipinski definition) is 0. The molecule has 4 heteroatoms. The second-order valence-corrected chi connectivity index (χ2v) is 12.5.